The lowest BCUT2D eigenvalue weighted by molar-refractivity contribution is 0.0760. The Balaban J connectivity index is 6.02. The molecule has 176 valence electrons. The average molecular weight is 432 g/mol. The molecule has 0 aliphatic heterocycles. The van der Waals surface area contributed by atoms with E-state index in [9.17, 15) is 0 Å². The van der Waals surface area contributed by atoms with Crippen LogP contribution in [0, 0.1) is 5.41 Å². The Morgan fingerprint density at radius 2 is 0.966 bits per heavy atom. The van der Waals surface area contributed by atoms with Crippen LogP contribution in [-0.2, 0) is 8.85 Å². The van der Waals surface area contributed by atoms with Gasteiger partial charge in [-0.05, 0) is 79.9 Å². The van der Waals surface area contributed by atoms with Crippen molar-refractivity contribution in [3.63, 3.8) is 0 Å². The van der Waals surface area contributed by atoms with Gasteiger partial charge in [0.2, 0.25) is 0 Å². The third-order valence-electron chi connectivity index (χ3n) is 5.63. The van der Waals surface area contributed by atoms with Gasteiger partial charge in [-0.2, -0.15) is 0 Å². The molecule has 0 aliphatic carbocycles. The third-order valence-corrected chi connectivity index (χ3v) is 9.63. The van der Waals surface area contributed by atoms with Crippen molar-refractivity contribution in [2.45, 2.75) is 72.9 Å². The lowest BCUT2D eigenvalue weighted by atomic mass is 9.87. The van der Waals surface area contributed by atoms with Crippen LogP contribution >= 0.6 is 0 Å². The summed E-state index contributed by atoms with van der Waals surface area (Å²) in [6.07, 6.45) is 3.57. The van der Waals surface area contributed by atoms with Gasteiger partial charge in [-0.15, -0.1) is 0 Å². The molecule has 0 aromatic carbocycles. The Morgan fingerprint density at radius 1 is 0.621 bits per heavy atom. The van der Waals surface area contributed by atoms with E-state index in [0.29, 0.717) is 0 Å². The summed E-state index contributed by atoms with van der Waals surface area (Å²) in [6, 6.07) is 2.08. The van der Waals surface area contributed by atoms with Gasteiger partial charge in [-0.25, -0.2) is 0 Å². The topological polar surface area (TPSA) is 28.2 Å². The van der Waals surface area contributed by atoms with Gasteiger partial charge < -0.3 is 23.6 Å². The predicted octanol–water partition coefficient (Wildman–Crippen LogP) is 4.53. The van der Waals surface area contributed by atoms with E-state index in [1.165, 1.54) is 19.3 Å². The van der Waals surface area contributed by atoms with Crippen molar-refractivity contribution in [2.75, 3.05) is 73.6 Å². The van der Waals surface area contributed by atoms with E-state index in [2.05, 4.69) is 77.4 Å². The molecule has 0 saturated heterocycles. The van der Waals surface area contributed by atoms with E-state index in [0.717, 1.165) is 64.6 Å². The summed E-state index contributed by atoms with van der Waals surface area (Å²) < 4.78 is 12.9. The quantitative estimate of drug-likeness (QED) is 0.280. The highest BCUT2D eigenvalue weighted by molar-refractivity contribution is 6.67. The van der Waals surface area contributed by atoms with Gasteiger partial charge in [0.05, 0.1) is 0 Å². The first-order valence-electron chi connectivity index (χ1n) is 12.1. The second kappa shape index (κ2) is 15.8. The van der Waals surface area contributed by atoms with Gasteiger partial charge in [0.25, 0.3) is 0 Å². The highest BCUT2D eigenvalue weighted by atomic mass is 28.4. The lowest BCUT2D eigenvalue weighted by Crippen LogP contribution is -2.56. The summed E-state index contributed by atoms with van der Waals surface area (Å²) in [5.74, 6) is 0. The summed E-state index contributed by atoms with van der Waals surface area (Å²) in [5, 5.41) is 0. The minimum absolute atomic E-state index is 0.143. The highest BCUT2D eigenvalue weighted by Crippen LogP contribution is 2.36. The smallest absolute Gasteiger partial charge is 0.338 e. The van der Waals surface area contributed by atoms with Crippen molar-refractivity contribution < 1.29 is 8.85 Å². The zero-order chi connectivity index (χ0) is 22.3. The first kappa shape index (κ1) is 29.0. The van der Waals surface area contributed by atoms with Gasteiger partial charge in [0.15, 0.2) is 0 Å². The van der Waals surface area contributed by atoms with E-state index in [1.807, 2.05) is 0 Å². The molecule has 5 nitrogen and oxygen atoms in total. The first-order chi connectivity index (χ1) is 13.8. The molecule has 0 aromatic rings. The van der Waals surface area contributed by atoms with Crippen molar-refractivity contribution in [3.05, 3.63) is 0 Å². The summed E-state index contributed by atoms with van der Waals surface area (Å²) in [5.41, 5.74) is 0.143. The standard InChI is InChI=1S/C23H53N3O2Si/c1-10-16-24(7)19-23(20-25(8)17-11-2,21-26(9)18-12-3)22-29(15-6,27-13-4)28-14-5/h10-22H2,1-9H3. The molecule has 0 spiro atoms. The summed E-state index contributed by atoms with van der Waals surface area (Å²) >= 11 is 0. The van der Waals surface area contributed by atoms with Gasteiger partial charge in [-0.1, -0.05) is 27.7 Å². The maximum Gasteiger partial charge on any atom is 0.338 e. The Bertz CT molecular complexity index is 356. The van der Waals surface area contributed by atoms with E-state index in [1.54, 1.807) is 0 Å². The Kier molecular flexibility index (Phi) is 15.8. The van der Waals surface area contributed by atoms with Gasteiger partial charge in [0, 0.05) is 44.3 Å². The monoisotopic (exact) mass is 431 g/mol. The van der Waals surface area contributed by atoms with Crippen LogP contribution in [0.3, 0.4) is 0 Å². The largest absolute Gasteiger partial charge is 0.394 e. The molecule has 0 atom stereocenters. The van der Waals surface area contributed by atoms with Crippen LogP contribution < -0.4 is 0 Å². The maximum absolute atomic E-state index is 6.46. The van der Waals surface area contributed by atoms with Gasteiger partial charge in [0.1, 0.15) is 0 Å². The second-order valence-corrected chi connectivity index (χ2v) is 12.5. The minimum atomic E-state index is -2.25. The Morgan fingerprint density at radius 3 is 1.21 bits per heavy atom. The molecule has 0 aliphatic rings. The van der Waals surface area contributed by atoms with Crippen molar-refractivity contribution in [3.8, 4) is 0 Å². The molecule has 6 heteroatoms. The molecule has 0 rings (SSSR count). The average Bonchev–Trinajstić information content (AvgIpc) is 2.62. The van der Waals surface area contributed by atoms with Crippen LogP contribution in [0.2, 0.25) is 12.1 Å². The molecule has 0 amide bonds. The van der Waals surface area contributed by atoms with Gasteiger partial charge in [-0.3, -0.25) is 0 Å². The molecule has 0 heterocycles. The molecule has 0 N–H and O–H groups in total. The van der Waals surface area contributed by atoms with Crippen LogP contribution in [0.25, 0.3) is 0 Å². The van der Waals surface area contributed by atoms with Crippen LogP contribution in [-0.4, -0.2) is 96.9 Å². The van der Waals surface area contributed by atoms with Crippen molar-refractivity contribution in [1.29, 1.82) is 0 Å². The molecule has 0 unspecified atom stereocenters. The fraction of sp³-hybridized carbons (Fsp3) is 1.00. The van der Waals surface area contributed by atoms with E-state index >= 15 is 0 Å². The predicted molar refractivity (Wildman–Crippen MR) is 130 cm³/mol. The molecular weight excluding hydrogens is 378 g/mol. The van der Waals surface area contributed by atoms with Crippen molar-refractivity contribution in [2.24, 2.45) is 5.41 Å². The SMILES string of the molecule is CCCN(C)CC(CN(C)CCC)(CN(C)CCC)C[Si](CC)(OCC)OCC. The van der Waals surface area contributed by atoms with Crippen LogP contribution in [0.4, 0.5) is 0 Å². The summed E-state index contributed by atoms with van der Waals surface area (Å²) in [7, 11) is 4.60. The normalized spacial score (nSPS) is 13.2. The summed E-state index contributed by atoms with van der Waals surface area (Å²) in [6.45, 7) is 21.5. The van der Waals surface area contributed by atoms with Gasteiger partial charge >= 0.3 is 8.56 Å². The number of rotatable bonds is 19. The molecule has 0 saturated carbocycles. The molecule has 29 heavy (non-hydrogen) atoms. The molecular formula is C23H53N3O2Si. The molecule has 0 radical (unpaired) electrons. The summed E-state index contributed by atoms with van der Waals surface area (Å²) in [4.78, 5) is 7.60. The Labute approximate surface area is 184 Å². The zero-order valence-corrected chi connectivity index (χ0v) is 22.4. The maximum atomic E-state index is 6.46. The van der Waals surface area contributed by atoms with E-state index in [4.69, 9.17) is 8.85 Å². The van der Waals surface area contributed by atoms with Crippen molar-refractivity contribution in [1.82, 2.24) is 14.7 Å². The zero-order valence-electron chi connectivity index (χ0n) is 21.4. The van der Waals surface area contributed by atoms with Crippen LogP contribution in [0.5, 0.6) is 0 Å². The van der Waals surface area contributed by atoms with Crippen LogP contribution in [0.1, 0.15) is 60.8 Å². The van der Waals surface area contributed by atoms with E-state index in [-0.39, 0.29) is 5.41 Å². The third kappa shape index (κ3) is 11.3. The first-order valence-corrected chi connectivity index (χ1v) is 14.3. The Hall–Kier alpha value is 0.0169. The lowest BCUT2D eigenvalue weighted by Gasteiger charge is -2.46. The van der Waals surface area contributed by atoms with E-state index < -0.39 is 8.56 Å². The number of hydrogen-bond donors (Lipinski definition) is 0. The molecule has 0 fully saturated rings. The molecule has 0 aromatic heterocycles. The fourth-order valence-corrected chi connectivity index (χ4v) is 8.46. The number of nitrogens with zero attached hydrogens (tertiary/aromatic N) is 3. The molecule has 0 bridgehead atoms. The van der Waals surface area contributed by atoms with Crippen LogP contribution in [0.15, 0.2) is 0 Å². The second-order valence-electron chi connectivity index (χ2n) is 9.02. The van der Waals surface area contributed by atoms with Crippen molar-refractivity contribution >= 4 is 8.56 Å². The fourth-order valence-electron chi connectivity index (χ4n) is 4.99. The minimum Gasteiger partial charge on any atom is -0.394 e. The number of hydrogen-bond acceptors (Lipinski definition) is 5. The highest BCUT2D eigenvalue weighted by Gasteiger charge is 2.46.